The third-order valence-electron chi connectivity index (χ3n) is 3.75. The number of carbonyl (C=O) groups excluding carboxylic acids is 1. The molecule has 0 spiro atoms. The molecule has 1 atom stereocenters. The number of rotatable bonds is 4. The fourth-order valence-corrected chi connectivity index (χ4v) is 2.55. The third-order valence-corrected chi connectivity index (χ3v) is 3.75. The molecule has 0 bridgehead atoms. The Hall–Kier alpha value is -3.13. The highest BCUT2D eigenvalue weighted by Crippen LogP contribution is 2.34. The topological polar surface area (TPSA) is 76.1 Å². The quantitative estimate of drug-likeness (QED) is 0.688. The summed E-state index contributed by atoms with van der Waals surface area (Å²) in [7, 11) is 1.54. The van der Waals surface area contributed by atoms with Gasteiger partial charge in [0.1, 0.15) is 0 Å². The van der Waals surface area contributed by atoms with Gasteiger partial charge in [-0.2, -0.15) is 5.26 Å². The Morgan fingerprint density at radius 3 is 2.78 bits per heavy atom. The van der Waals surface area contributed by atoms with Crippen LogP contribution in [-0.4, -0.2) is 17.9 Å². The zero-order valence-electron chi connectivity index (χ0n) is 12.7. The summed E-state index contributed by atoms with van der Waals surface area (Å²) < 4.78 is 11.0. The van der Waals surface area contributed by atoms with Crippen molar-refractivity contribution in [2.24, 2.45) is 0 Å². The molecule has 0 unspecified atom stereocenters. The van der Waals surface area contributed by atoms with Crippen LogP contribution in [0.3, 0.4) is 0 Å². The van der Waals surface area contributed by atoms with Gasteiger partial charge in [0.25, 0.3) is 0 Å². The highest BCUT2D eigenvalue weighted by Gasteiger charge is 2.28. The van der Waals surface area contributed by atoms with E-state index in [2.05, 4.69) is 4.98 Å². The molecule has 0 radical (unpaired) electrons. The highest BCUT2D eigenvalue weighted by molar-refractivity contribution is 6.05. The first kappa shape index (κ1) is 14.8. The Balaban J connectivity index is 2.11. The molecule has 0 aliphatic rings. The molecule has 114 valence electrons. The smallest absolute Gasteiger partial charge is 0.221 e. The first-order chi connectivity index (χ1) is 11.2. The van der Waals surface area contributed by atoms with Crippen LogP contribution in [0, 0.1) is 18.3 Å². The first-order valence-electron chi connectivity index (χ1n) is 7.08. The molecule has 0 saturated heterocycles. The van der Waals surface area contributed by atoms with Gasteiger partial charge in [-0.1, -0.05) is 18.2 Å². The Labute approximate surface area is 133 Å². The number of nitrogens with zero attached hydrogens (tertiary/aromatic N) is 2. The van der Waals surface area contributed by atoms with Crippen LogP contribution >= 0.6 is 0 Å². The summed E-state index contributed by atoms with van der Waals surface area (Å²) in [5.74, 6) is -0.680. The Morgan fingerprint density at radius 2 is 2.13 bits per heavy atom. The average Bonchev–Trinajstić information content (AvgIpc) is 2.93. The second kappa shape index (κ2) is 5.93. The van der Waals surface area contributed by atoms with Crippen LogP contribution in [0.15, 0.2) is 47.0 Å². The van der Waals surface area contributed by atoms with Crippen LogP contribution in [0.5, 0.6) is 5.75 Å². The van der Waals surface area contributed by atoms with Gasteiger partial charge in [0.2, 0.25) is 5.78 Å². The van der Waals surface area contributed by atoms with Gasteiger partial charge in [-0.3, -0.25) is 9.78 Å². The number of aryl methyl sites for hydroxylation is 1. The van der Waals surface area contributed by atoms with E-state index in [1.807, 2.05) is 18.2 Å². The van der Waals surface area contributed by atoms with Crippen molar-refractivity contribution in [3.05, 3.63) is 59.6 Å². The van der Waals surface area contributed by atoms with Crippen LogP contribution in [0.1, 0.15) is 27.7 Å². The maximum atomic E-state index is 12.8. The molecule has 0 saturated carbocycles. The fraction of sp³-hybridized carbons (Fsp3) is 0.167. The number of methoxy groups -OCH3 is 1. The molecule has 0 fully saturated rings. The molecule has 2 heterocycles. The molecule has 0 amide bonds. The molecule has 1 aromatic carbocycles. The number of ketones is 1. The summed E-state index contributed by atoms with van der Waals surface area (Å²) >= 11 is 0. The number of furan rings is 1. The van der Waals surface area contributed by atoms with Crippen LogP contribution in [0.25, 0.3) is 11.0 Å². The molecule has 2 aromatic heterocycles. The van der Waals surface area contributed by atoms with Crippen LogP contribution < -0.4 is 4.74 Å². The van der Waals surface area contributed by atoms with E-state index in [4.69, 9.17) is 9.15 Å². The van der Waals surface area contributed by atoms with E-state index in [0.29, 0.717) is 22.6 Å². The SMILES string of the molecule is COc1cccc2c(C)c(C(=O)[C@@H](C#N)c3ccccn3)oc12. The number of pyridine rings is 1. The number of benzene rings is 1. The lowest BCUT2D eigenvalue weighted by atomic mass is 9.97. The summed E-state index contributed by atoms with van der Waals surface area (Å²) in [5, 5.41) is 10.2. The number of nitriles is 1. The van der Waals surface area contributed by atoms with Crippen LogP contribution in [-0.2, 0) is 0 Å². The second-order valence-corrected chi connectivity index (χ2v) is 5.07. The van der Waals surface area contributed by atoms with Gasteiger partial charge in [0.05, 0.1) is 18.9 Å². The van der Waals surface area contributed by atoms with E-state index in [9.17, 15) is 10.1 Å². The van der Waals surface area contributed by atoms with Crippen molar-refractivity contribution in [2.45, 2.75) is 12.8 Å². The van der Waals surface area contributed by atoms with Gasteiger partial charge < -0.3 is 9.15 Å². The standard InChI is InChI=1S/C18H14N2O3/c1-11-12-6-5-8-15(22-2)18(12)23-17(11)16(21)13(10-19)14-7-3-4-9-20-14/h3-9,13H,1-2H3/t13-/m0/s1. The zero-order valence-corrected chi connectivity index (χ0v) is 12.7. The lowest BCUT2D eigenvalue weighted by Gasteiger charge is -2.05. The van der Waals surface area contributed by atoms with Crippen LogP contribution in [0.4, 0.5) is 0 Å². The number of ether oxygens (including phenoxy) is 1. The number of para-hydroxylation sites is 1. The molecule has 3 rings (SSSR count). The van der Waals surface area contributed by atoms with Gasteiger partial charge in [0.15, 0.2) is 23.0 Å². The molecule has 0 N–H and O–H groups in total. The normalized spacial score (nSPS) is 11.9. The monoisotopic (exact) mass is 306 g/mol. The molecular formula is C18H14N2O3. The van der Waals surface area contributed by atoms with E-state index < -0.39 is 11.7 Å². The molecular weight excluding hydrogens is 292 g/mol. The lowest BCUT2D eigenvalue weighted by molar-refractivity contribution is 0.0951. The van der Waals surface area contributed by atoms with Gasteiger partial charge in [-0.15, -0.1) is 0 Å². The second-order valence-electron chi connectivity index (χ2n) is 5.07. The van der Waals surface area contributed by atoms with Crippen LogP contribution in [0.2, 0.25) is 0 Å². The van der Waals surface area contributed by atoms with Crippen molar-refractivity contribution in [3.8, 4) is 11.8 Å². The molecule has 0 aliphatic carbocycles. The van der Waals surface area contributed by atoms with Gasteiger partial charge >= 0.3 is 0 Å². The minimum atomic E-state index is -0.999. The number of hydrogen-bond acceptors (Lipinski definition) is 5. The minimum Gasteiger partial charge on any atom is -0.493 e. The molecule has 5 heteroatoms. The number of aromatic nitrogens is 1. The molecule has 23 heavy (non-hydrogen) atoms. The highest BCUT2D eigenvalue weighted by atomic mass is 16.5. The average molecular weight is 306 g/mol. The molecule has 3 aromatic rings. The van der Waals surface area contributed by atoms with Crippen molar-refractivity contribution in [3.63, 3.8) is 0 Å². The fourth-order valence-electron chi connectivity index (χ4n) is 2.55. The Bertz CT molecular complexity index is 907. The third kappa shape index (κ3) is 2.44. The summed E-state index contributed by atoms with van der Waals surface area (Å²) in [5.41, 5.74) is 1.61. The Kier molecular flexibility index (Phi) is 3.82. The van der Waals surface area contributed by atoms with Crippen molar-refractivity contribution in [1.82, 2.24) is 4.98 Å². The summed E-state index contributed by atoms with van der Waals surface area (Å²) in [4.78, 5) is 16.9. The van der Waals surface area contributed by atoms with Gasteiger partial charge in [-0.05, 0) is 25.1 Å². The van der Waals surface area contributed by atoms with Gasteiger partial charge in [0, 0.05) is 17.1 Å². The number of hydrogen-bond donors (Lipinski definition) is 0. The van der Waals surface area contributed by atoms with E-state index in [1.165, 1.54) is 0 Å². The van der Waals surface area contributed by atoms with Crippen molar-refractivity contribution in [2.75, 3.05) is 7.11 Å². The van der Waals surface area contributed by atoms with E-state index in [0.717, 1.165) is 5.39 Å². The lowest BCUT2D eigenvalue weighted by Crippen LogP contribution is -2.12. The maximum Gasteiger partial charge on any atom is 0.221 e. The van der Waals surface area contributed by atoms with E-state index in [-0.39, 0.29) is 5.76 Å². The number of carbonyl (C=O) groups is 1. The predicted octanol–water partition coefficient (Wildman–Crippen LogP) is 3.63. The van der Waals surface area contributed by atoms with E-state index >= 15 is 0 Å². The number of fused-ring (bicyclic) bond motifs is 1. The summed E-state index contributed by atoms with van der Waals surface area (Å²) in [6.07, 6.45) is 1.56. The minimum absolute atomic E-state index is 0.168. The largest absolute Gasteiger partial charge is 0.493 e. The van der Waals surface area contributed by atoms with Gasteiger partial charge in [-0.25, -0.2) is 0 Å². The van der Waals surface area contributed by atoms with Crippen molar-refractivity contribution in [1.29, 1.82) is 5.26 Å². The van der Waals surface area contributed by atoms with Crippen molar-refractivity contribution < 1.29 is 13.9 Å². The van der Waals surface area contributed by atoms with E-state index in [1.54, 1.807) is 44.5 Å². The first-order valence-corrected chi connectivity index (χ1v) is 7.08. The zero-order chi connectivity index (χ0) is 16.4. The molecule has 0 aliphatic heterocycles. The summed E-state index contributed by atoms with van der Waals surface area (Å²) in [6, 6.07) is 12.6. The molecule has 5 nitrogen and oxygen atoms in total. The maximum absolute atomic E-state index is 12.8. The van der Waals surface area contributed by atoms with Crippen molar-refractivity contribution >= 4 is 16.8 Å². The Morgan fingerprint density at radius 1 is 1.30 bits per heavy atom. The number of Topliss-reactive ketones (excluding diaryl/α,β-unsaturated/α-hetero) is 1. The summed E-state index contributed by atoms with van der Waals surface area (Å²) in [6.45, 7) is 1.80. The predicted molar refractivity (Wildman–Crippen MR) is 84.4 cm³/mol.